The molecule has 6 nitrogen and oxygen atoms in total. The van der Waals surface area contributed by atoms with E-state index in [2.05, 4.69) is 34.4 Å². The van der Waals surface area contributed by atoms with Crippen molar-refractivity contribution in [3.63, 3.8) is 0 Å². The molecule has 210 valence electrons. The van der Waals surface area contributed by atoms with Crippen LogP contribution < -0.4 is 10.9 Å². The predicted octanol–water partition coefficient (Wildman–Crippen LogP) is 6.09. The van der Waals surface area contributed by atoms with Crippen LogP contribution in [-0.2, 0) is 0 Å². The molecule has 1 amide bonds. The van der Waals surface area contributed by atoms with E-state index in [-0.39, 0.29) is 16.8 Å². The van der Waals surface area contributed by atoms with Gasteiger partial charge in [-0.2, -0.15) is 5.10 Å². The highest BCUT2D eigenvalue weighted by Crippen LogP contribution is 2.66. The molecule has 2 aromatic carbocycles. The summed E-state index contributed by atoms with van der Waals surface area (Å²) in [6.45, 7) is 2.21. The molecule has 3 N–H and O–H groups in total. The Morgan fingerprint density at radius 3 is 2.73 bits per heavy atom. The van der Waals surface area contributed by atoms with E-state index in [0.717, 1.165) is 63.5 Å². The lowest BCUT2D eigenvalue weighted by Gasteiger charge is -2.56. The molecule has 0 saturated heterocycles. The van der Waals surface area contributed by atoms with Crippen molar-refractivity contribution in [2.24, 2.45) is 34.2 Å². The molecule has 7 rings (SSSR count). The fraction of sp³-hybridized carbons (Fsp3) is 0.457. The van der Waals surface area contributed by atoms with Gasteiger partial charge in [0.25, 0.3) is 5.91 Å². The Kier molecular flexibility index (Phi) is 6.21. The Bertz CT molecular complexity index is 1730. The highest BCUT2D eigenvalue weighted by Gasteiger charge is 2.63. The number of hydrazone groups is 1. The molecule has 41 heavy (non-hydrogen) atoms. The van der Waals surface area contributed by atoms with Crippen molar-refractivity contribution in [1.29, 1.82) is 0 Å². The SMILES string of the molecule is C#CC1(O)CCC2C3CCC4=C/C(=N\NC(=O)c5cccc6c(=O)c7ccccc7[nH]c56)CCC4C3CCC21CC. The van der Waals surface area contributed by atoms with E-state index >= 15 is 0 Å². The molecule has 3 saturated carbocycles. The maximum absolute atomic E-state index is 13.3. The number of aromatic amines is 1. The van der Waals surface area contributed by atoms with Gasteiger partial charge in [-0.25, -0.2) is 5.43 Å². The van der Waals surface area contributed by atoms with Gasteiger partial charge in [0, 0.05) is 21.7 Å². The number of nitrogens with zero attached hydrogens (tertiary/aromatic N) is 1. The zero-order valence-electron chi connectivity index (χ0n) is 23.6. The first-order chi connectivity index (χ1) is 19.9. The van der Waals surface area contributed by atoms with Crippen LogP contribution in [0.1, 0.15) is 75.1 Å². The highest BCUT2D eigenvalue weighted by molar-refractivity contribution is 6.08. The van der Waals surface area contributed by atoms with Crippen molar-refractivity contribution in [3.8, 4) is 12.3 Å². The number of aromatic nitrogens is 1. The first-order valence-corrected chi connectivity index (χ1v) is 15.2. The average molecular weight is 548 g/mol. The van der Waals surface area contributed by atoms with Crippen LogP contribution in [0.5, 0.6) is 0 Å². The fourth-order valence-corrected chi connectivity index (χ4v) is 9.38. The fourth-order valence-electron chi connectivity index (χ4n) is 9.38. The van der Waals surface area contributed by atoms with Crippen LogP contribution >= 0.6 is 0 Å². The van der Waals surface area contributed by atoms with Crippen LogP contribution in [0.15, 0.2) is 64.0 Å². The third-order valence-corrected chi connectivity index (χ3v) is 11.3. The van der Waals surface area contributed by atoms with Crippen molar-refractivity contribution < 1.29 is 9.90 Å². The zero-order valence-corrected chi connectivity index (χ0v) is 23.6. The van der Waals surface area contributed by atoms with Crippen molar-refractivity contribution >= 4 is 33.4 Å². The van der Waals surface area contributed by atoms with Crippen molar-refractivity contribution in [3.05, 3.63) is 69.9 Å². The van der Waals surface area contributed by atoms with Crippen LogP contribution in [0.2, 0.25) is 0 Å². The van der Waals surface area contributed by atoms with Gasteiger partial charge in [-0.1, -0.05) is 36.6 Å². The summed E-state index contributed by atoms with van der Waals surface area (Å²) in [5, 5.41) is 17.0. The van der Waals surface area contributed by atoms with E-state index < -0.39 is 5.60 Å². The summed E-state index contributed by atoms with van der Waals surface area (Å²) in [5.74, 6) is 4.81. The smallest absolute Gasteiger partial charge is 0.273 e. The number of terminal acetylenes is 1. The number of carbonyl (C=O) groups excluding carboxylic acids is 1. The van der Waals surface area contributed by atoms with E-state index in [1.165, 1.54) is 5.57 Å². The number of hydrogen-bond donors (Lipinski definition) is 3. The quantitative estimate of drug-likeness (QED) is 0.210. The molecule has 6 atom stereocenters. The molecule has 1 aromatic heterocycles. The first kappa shape index (κ1) is 26.2. The van der Waals surface area contributed by atoms with Gasteiger partial charge in [-0.3, -0.25) is 9.59 Å². The highest BCUT2D eigenvalue weighted by atomic mass is 16.3. The number of hydrogen-bond acceptors (Lipinski definition) is 4. The maximum atomic E-state index is 13.3. The van der Waals surface area contributed by atoms with Gasteiger partial charge in [-0.15, -0.1) is 6.42 Å². The molecule has 0 aliphatic heterocycles. The summed E-state index contributed by atoms with van der Waals surface area (Å²) in [5.41, 5.74) is 5.60. The number of fused-ring (bicyclic) bond motifs is 7. The summed E-state index contributed by atoms with van der Waals surface area (Å²) in [6, 6.07) is 12.6. The zero-order chi connectivity index (χ0) is 28.4. The van der Waals surface area contributed by atoms with Gasteiger partial charge in [-0.05, 0) is 112 Å². The molecule has 4 aliphatic carbocycles. The van der Waals surface area contributed by atoms with Gasteiger partial charge < -0.3 is 10.1 Å². The minimum absolute atomic E-state index is 0.0885. The van der Waals surface area contributed by atoms with E-state index in [0.29, 0.717) is 51.0 Å². The van der Waals surface area contributed by atoms with E-state index in [1.54, 1.807) is 24.3 Å². The Morgan fingerprint density at radius 2 is 1.90 bits per heavy atom. The predicted molar refractivity (Wildman–Crippen MR) is 162 cm³/mol. The third-order valence-electron chi connectivity index (χ3n) is 11.3. The lowest BCUT2D eigenvalue weighted by atomic mass is 9.49. The van der Waals surface area contributed by atoms with Crippen LogP contribution in [-0.4, -0.2) is 27.3 Å². The molecule has 0 bridgehead atoms. The number of allylic oxidation sites excluding steroid dienone is 2. The van der Waals surface area contributed by atoms with Crippen LogP contribution in [0.25, 0.3) is 21.8 Å². The number of nitrogens with one attached hydrogen (secondary N) is 2. The average Bonchev–Trinajstić information content (AvgIpc) is 3.32. The minimum Gasteiger partial charge on any atom is -0.377 e. The molecule has 1 heterocycles. The second kappa shape index (κ2) is 9.70. The number of pyridine rings is 1. The summed E-state index contributed by atoms with van der Waals surface area (Å²) in [7, 11) is 0. The lowest BCUT2D eigenvalue weighted by Crippen LogP contribution is -2.53. The molecule has 0 radical (unpaired) electrons. The van der Waals surface area contributed by atoms with Gasteiger partial charge in [0.2, 0.25) is 0 Å². The number of benzene rings is 2. The first-order valence-electron chi connectivity index (χ1n) is 15.2. The molecule has 0 spiro atoms. The molecule has 4 aliphatic rings. The number of rotatable bonds is 3. The molecule has 6 heteroatoms. The monoisotopic (exact) mass is 547 g/mol. The largest absolute Gasteiger partial charge is 0.377 e. The Balaban J connectivity index is 1.11. The number of aliphatic hydroxyl groups is 1. The maximum Gasteiger partial charge on any atom is 0.273 e. The van der Waals surface area contributed by atoms with Crippen LogP contribution in [0, 0.1) is 41.4 Å². The standard InChI is InChI=1S/C35H37N3O3/c1-3-34-18-16-24-23-15-13-22(20-21(23)12-14-25(24)29(34)17-19-35(34,41)4-2)37-38-33(40)28-10-7-9-27-31(28)36-30-11-6-5-8-26(30)32(27)39/h2,5-11,20,23-25,29,41H,3,12-19H2,1H3,(H,36,39)(H,38,40)/b37-22-. The van der Waals surface area contributed by atoms with Crippen LogP contribution in [0.4, 0.5) is 0 Å². The Labute approximate surface area is 240 Å². The molecule has 3 fully saturated rings. The Morgan fingerprint density at radius 1 is 1.07 bits per heavy atom. The van der Waals surface area contributed by atoms with Gasteiger partial charge >= 0.3 is 0 Å². The van der Waals surface area contributed by atoms with E-state index in [4.69, 9.17) is 6.42 Å². The van der Waals surface area contributed by atoms with E-state index in [9.17, 15) is 14.7 Å². The van der Waals surface area contributed by atoms with Crippen molar-refractivity contribution in [2.45, 2.75) is 70.3 Å². The molecular weight excluding hydrogens is 510 g/mol. The summed E-state index contributed by atoms with van der Waals surface area (Å²) < 4.78 is 0. The second-order valence-corrected chi connectivity index (χ2v) is 12.7. The third kappa shape index (κ3) is 3.85. The van der Waals surface area contributed by atoms with Crippen molar-refractivity contribution in [1.82, 2.24) is 10.4 Å². The topological polar surface area (TPSA) is 94.6 Å². The summed E-state index contributed by atoms with van der Waals surface area (Å²) >= 11 is 0. The lowest BCUT2D eigenvalue weighted by molar-refractivity contribution is -0.0989. The van der Waals surface area contributed by atoms with Gasteiger partial charge in [0.15, 0.2) is 5.43 Å². The second-order valence-electron chi connectivity index (χ2n) is 12.7. The van der Waals surface area contributed by atoms with Gasteiger partial charge in [0.05, 0.1) is 16.8 Å². The summed E-state index contributed by atoms with van der Waals surface area (Å²) in [4.78, 5) is 29.6. The van der Waals surface area contributed by atoms with Gasteiger partial charge in [0.1, 0.15) is 5.60 Å². The molecule has 3 aromatic rings. The number of para-hydroxylation sites is 2. The number of carbonyl (C=O) groups is 1. The number of amides is 1. The van der Waals surface area contributed by atoms with Crippen molar-refractivity contribution in [2.75, 3.05) is 0 Å². The normalized spacial score (nSPS) is 33.5. The van der Waals surface area contributed by atoms with E-state index in [1.807, 2.05) is 18.2 Å². The minimum atomic E-state index is -0.956. The molecular formula is C35H37N3O3. The summed E-state index contributed by atoms with van der Waals surface area (Å²) in [6.07, 6.45) is 17.0. The molecule has 6 unspecified atom stereocenters. The number of H-pyrrole nitrogens is 1. The van der Waals surface area contributed by atoms with Crippen LogP contribution in [0.3, 0.4) is 0 Å². The Hall–Kier alpha value is -3.69.